The van der Waals surface area contributed by atoms with Crippen molar-refractivity contribution in [2.75, 3.05) is 43.1 Å². The van der Waals surface area contributed by atoms with E-state index >= 15 is 0 Å². The number of methoxy groups -OCH3 is 1. The lowest BCUT2D eigenvalue weighted by Crippen LogP contribution is -2.30. The topological polar surface area (TPSA) is 109 Å². The van der Waals surface area contributed by atoms with Gasteiger partial charge in [-0.05, 0) is 12.1 Å². The maximum atomic E-state index is 11.8. The number of thiazole rings is 1. The van der Waals surface area contributed by atoms with Crippen molar-refractivity contribution in [2.45, 2.75) is 0 Å². The first-order valence-electron chi connectivity index (χ1n) is 7.40. The van der Waals surface area contributed by atoms with Gasteiger partial charge in [0.15, 0.2) is 5.13 Å². The first-order chi connectivity index (χ1) is 11.9. The van der Waals surface area contributed by atoms with Gasteiger partial charge < -0.3 is 15.4 Å². The Morgan fingerprint density at radius 3 is 2.58 bits per heavy atom. The van der Waals surface area contributed by atoms with Gasteiger partial charge in [-0.1, -0.05) is 12.1 Å². The molecule has 0 saturated heterocycles. The van der Waals surface area contributed by atoms with Gasteiger partial charge in [0.05, 0.1) is 25.1 Å². The number of aromatic nitrogens is 1. The third-order valence-electron chi connectivity index (χ3n) is 3.00. The van der Waals surface area contributed by atoms with Crippen LogP contribution in [0.3, 0.4) is 0 Å². The number of nitrogens with one attached hydrogen (secondary N) is 3. The molecule has 0 unspecified atom stereocenters. The van der Waals surface area contributed by atoms with Gasteiger partial charge in [0.1, 0.15) is 0 Å². The van der Waals surface area contributed by atoms with Crippen LogP contribution >= 0.6 is 23.7 Å². The summed E-state index contributed by atoms with van der Waals surface area (Å²) in [6, 6.07) is 6.85. The average molecular weight is 421 g/mol. The molecule has 0 spiro atoms. The lowest BCUT2D eigenvalue weighted by atomic mass is 10.1. The van der Waals surface area contributed by atoms with Crippen molar-refractivity contribution in [2.24, 2.45) is 0 Å². The third kappa shape index (κ3) is 7.67. The molecule has 0 aliphatic heterocycles. The van der Waals surface area contributed by atoms with Crippen LogP contribution < -0.4 is 15.4 Å². The minimum Gasteiger partial charge on any atom is -0.383 e. The van der Waals surface area contributed by atoms with Crippen LogP contribution in [0, 0.1) is 0 Å². The number of anilines is 2. The number of benzene rings is 1. The molecule has 1 aromatic carbocycles. The Morgan fingerprint density at radius 2 is 1.96 bits per heavy atom. The molecule has 0 saturated carbocycles. The number of amides is 1. The van der Waals surface area contributed by atoms with E-state index in [9.17, 15) is 13.2 Å². The zero-order chi connectivity index (χ0) is 18.3. The Balaban J connectivity index is 0.00000338. The van der Waals surface area contributed by atoms with E-state index in [1.807, 2.05) is 5.38 Å². The smallest absolute Gasteiger partial charge is 0.240 e. The number of rotatable bonds is 9. The zero-order valence-corrected chi connectivity index (χ0v) is 16.8. The standard InChI is InChI=1S/C15H20N4O4S2.ClH/c1-23-8-7-16-9-14(20)18-15-17-13(10-24-15)11-3-5-12(6-4-11)19-25(2,21)22;/h3-6,10,16,19H,7-9H2,1-2H3,(H,17,18,20);1H. The molecule has 1 aromatic heterocycles. The van der Waals surface area contributed by atoms with Crippen molar-refractivity contribution >= 4 is 50.5 Å². The van der Waals surface area contributed by atoms with Gasteiger partial charge >= 0.3 is 0 Å². The van der Waals surface area contributed by atoms with E-state index in [-0.39, 0.29) is 24.9 Å². The summed E-state index contributed by atoms with van der Waals surface area (Å²) in [6.45, 7) is 1.32. The maximum absolute atomic E-state index is 11.8. The molecule has 8 nitrogen and oxygen atoms in total. The van der Waals surface area contributed by atoms with E-state index in [0.717, 1.165) is 11.8 Å². The monoisotopic (exact) mass is 420 g/mol. The molecule has 2 rings (SSSR count). The normalized spacial score (nSPS) is 10.8. The van der Waals surface area contributed by atoms with Crippen molar-refractivity contribution in [3.05, 3.63) is 29.6 Å². The lowest BCUT2D eigenvalue weighted by molar-refractivity contribution is -0.115. The fourth-order valence-electron chi connectivity index (χ4n) is 1.93. The Labute approximate surface area is 162 Å². The maximum Gasteiger partial charge on any atom is 0.240 e. The molecule has 11 heteroatoms. The summed E-state index contributed by atoms with van der Waals surface area (Å²) in [5, 5.41) is 8.01. The van der Waals surface area contributed by atoms with E-state index in [2.05, 4.69) is 20.3 Å². The highest BCUT2D eigenvalue weighted by Crippen LogP contribution is 2.26. The largest absolute Gasteiger partial charge is 0.383 e. The summed E-state index contributed by atoms with van der Waals surface area (Å²) in [4.78, 5) is 16.2. The SMILES string of the molecule is COCCNCC(=O)Nc1nc(-c2ccc(NS(C)(=O)=O)cc2)cs1.Cl. The number of hydrogen-bond donors (Lipinski definition) is 3. The molecule has 26 heavy (non-hydrogen) atoms. The molecule has 1 amide bonds. The number of nitrogens with zero attached hydrogens (tertiary/aromatic N) is 1. The highest BCUT2D eigenvalue weighted by molar-refractivity contribution is 7.92. The van der Waals surface area contributed by atoms with Crippen LogP contribution in [0.2, 0.25) is 0 Å². The van der Waals surface area contributed by atoms with E-state index in [4.69, 9.17) is 4.74 Å². The van der Waals surface area contributed by atoms with Crippen LogP contribution in [-0.4, -0.2) is 52.4 Å². The van der Waals surface area contributed by atoms with E-state index in [1.165, 1.54) is 11.3 Å². The number of carbonyl (C=O) groups excluding carboxylic acids is 1. The summed E-state index contributed by atoms with van der Waals surface area (Å²) in [6.07, 6.45) is 1.10. The van der Waals surface area contributed by atoms with Crippen LogP contribution in [-0.2, 0) is 19.6 Å². The molecule has 0 radical (unpaired) electrons. The van der Waals surface area contributed by atoms with Gasteiger partial charge in [-0.3, -0.25) is 9.52 Å². The molecule has 0 aliphatic rings. The molecular weight excluding hydrogens is 400 g/mol. The number of carbonyl (C=O) groups is 1. The third-order valence-corrected chi connectivity index (χ3v) is 4.37. The Kier molecular flexibility index (Phi) is 8.96. The predicted molar refractivity (Wildman–Crippen MR) is 107 cm³/mol. The van der Waals surface area contributed by atoms with Crippen LogP contribution in [0.1, 0.15) is 0 Å². The second kappa shape index (κ2) is 10.4. The van der Waals surface area contributed by atoms with Crippen LogP contribution in [0.15, 0.2) is 29.6 Å². The van der Waals surface area contributed by atoms with Gasteiger partial charge in [0.25, 0.3) is 0 Å². The Morgan fingerprint density at radius 1 is 1.27 bits per heavy atom. The molecule has 0 bridgehead atoms. The first-order valence-corrected chi connectivity index (χ1v) is 10.2. The van der Waals surface area contributed by atoms with Crippen LogP contribution in [0.5, 0.6) is 0 Å². The molecule has 2 aromatic rings. The molecular formula is C15H21ClN4O4S2. The number of sulfonamides is 1. The highest BCUT2D eigenvalue weighted by Gasteiger charge is 2.08. The average Bonchev–Trinajstić information content (AvgIpc) is 2.99. The fourth-order valence-corrected chi connectivity index (χ4v) is 3.23. The van der Waals surface area contributed by atoms with Crippen molar-refractivity contribution < 1.29 is 17.9 Å². The van der Waals surface area contributed by atoms with Gasteiger partial charge in [0, 0.05) is 30.3 Å². The van der Waals surface area contributed by atoms with E-state index in [0.29, 0.717) is 29.7 Å². The van der Waals surface area contributed by atoms with Gasteiger partial charge in [-0.2, -0.15) is 0 Å². The fraction of sp³-hybridized carbons (Fsp3) is 0.333. The van der Waals surface area contributed by atoms with Gasteiger partial charge in [0.2, 0.25) is 15.9 Å². The summed E-state index contributed by atoms with van der Waals surface area (Å²) < 4.78 is 29.7. The number of halogens is 1. The molecule has 3 N–H and O–H groups in total. The van der Waals surface area contributed by atoms with Crippen molar-refractivity contribution in [3.63, 3.8) is 0 Å². The minimum atomic E-state index is -3.30. The number of ether oxygens (including phenoxy) is 1. The highest BCUT2D eigenvalue weighted by atomic mass is 35.5. The Bertz CT molecular complexity index is 809. The second-order valence-corrected chi connectivity index (χ2v) is 7.81. The van der Waals surface area contributed by atoms with Crippen molar-refractivity contribution in [1.29, 1.82) is 0 Å². The molecule has 0 atom stereocenters. The minimum absolute atomic E-state index is 0. The zero-order valence-electron chi connectivity index (χ0n) is 14.3. The van der Waals surface area contributed by atoms with Gasteiger partial charge in [-0.15, -0.1) is 23.7 Å². The molecule has 0 fully saturated rings. The summed E-state index contributed by atoms with van der Waals surface area (Å²) in [7, 11) is -1.70. The summed E-state index contributed by atoms with van der Waals surface area (Å²) in [5.41, 5.74) is 2.02. The number of hydrogen-bond acceptors (Lipinski definition) is 7. The first kappa shape index (κ1) is 22.3. The Hall–Kier alpha value is -1.72. The summed E-state index contributed by atoms with van der Waals surface area (Å²) in [5.74, 6) is -0.176. The molecule has 144 valence electrons. The van der Waals surface area contributed by atoms with E-state index < -0.39 is 10.0 Å². The van der Waals surface area contributed by atoms with Crippen LogP contribution in [0.25, 0.3) is 11.3 Å². The lowest BCUT2D eigenvalue weighted by Gasteiger charge is -2.04. The quantitative estimate of drug-likeness (QED) is 0.533. The van der Waals surface area contributed by atoms with E-state index in [1.54, 1.807) is 31.4 Å². The van der Waals surface area contributed by atoms with Crippen LogP contribution in [0.4, 0.5) is 10.8 Å². The van der Waals surface area contributed by atoms with Gasteiger partial charge in [-0.25, -0.2) is 13.4 Å². The molecule has 1 heterocycles. The molecule has 0 aliphatic carbocycles. The van der Waals surface area contributed by atoms with Crippen molar-refractivity contribution in [3.8, 4) is 11.3 Å². The second-order valence-electron chi connectivity index (χ2n) is 5.21. The predicted octanol–water partition coefficient (Wildman–Crippen LogP) is 1.78. The van der Waals surface area contributed by atoms with Crippen molar-refractivity contribution in [1.82, 2.24) is 10.3 Å². The summed E-state index contributed by atoms with van der Waals surface area (Å²) >= 11 is 1.32.